The Bertz CT molecular complexity index is 765. The molecule has 27 heavy (non-hydrogen) atoms. The average molecular weight is 367 g/mol. The van der Waals surface area contributed by atoms with Gasteiger partial charge < -0.3 is 14.2 Å². The Morgan fingerprint density at radius 3 is 2.52 bits per heavy atom. The van der Waals surface area contributed by atoms with E-state index in [4.69, 9.17) is 19.5 Å². The van der Waals surface area contributed by atoms with E-state index in [2.05, 4.69) is 6.07 Å². The van der Waals surface area contributed by atoms with Crippen molar-refractivity contribution in [2.45, 2.75) is 32.8 Å². The highest BCUT2D eigenvalue weighted by molar-refractivity contribution is 5.75. The van der Waals surface area contributed by atoms with Crippen molar-refractivity contribution in [3.8, 4) is 11.8 Å². The van der Waals surface area contributed by atoms with E-state index < -0.39 is 6.10 Å². The number of nitrogens with zero attached hydrogens (tertiary/aromatic N) is 1. The van der Waals surface area contributed by atoms with Gasteiger partial charge in [0.25, 0.3) is 0 Å². The first-order chi connectivity index (χ1) is 13.2. The highest BCUT2D eigenvalue weighted by Gasteiger charge is 2.20. The van der Waals surface area contributed by atoms with E-state index in [0.29, 0.717) is 31.8 Å². The van der Waals surface area contributed by atoms with Gasteiger partial charge in [-0.05, 0) is 49.2 Å². The molecule has 0 aromatic heterocycles. The SMILES string of the molecule is CCOC(=O)C(Cc1ccc(OCCc2cccc(C#N)c2)cc1)OCC. The molecule has 0 heterocycles. The second kappa shape index (κ2) is 11.0. The van der Waals surface area contributed by atoms with Gasteiger partial charge in [-0.25, -0.2) is 4.79 Å². The van der Waals surface area contributed by atoms with Crippen LogP contribution in [0.15, 0.2) is 48.5 Å². The minimum absolute atomic E-state index is 0.334. The lowest BCUT2D eigenvalue weighted by Crippen LogP contribution is -2.28. The lowest BCUT2D eigenvalue weighted by atomic mass is 10.1. The van der Waals surface area contributed by atoms with Crippen LogP contribution in [0.1, 0.15) is 30.5 Å². The van der Waals surface area contributed by atoms with Crippen molar-refractivity contribution in [3.05, 3.63) is 65.2 Å². The predicted molar refractivity (Wildman–Crippen MR) is 103 cm³/mol. The van der Waals surface area contributed by atoms with Crippen LogP contribution >= 0.6 is 0 Å². The van der Waals surface area contributed by atoms with Crippen LogP contribution < -0.4 is 4.74 Å². The molecule has 142 valence electrons. The summed E-state index contributed by atoms with van der Waals surface area (Å²) in [4.78, 5) is 11.9. The van der Waals surface area contributed by atoms with Crippen molar-refractivity contribution in [3.63, 3.8) is 0 Å². The molecule has 0 bridgehead atoms. The van der Waals surface area contributed by atoms with Gasteiger partial charge in [-0.3, -0.25) is 0 Å². The highest BCUT2D eigenvalue weighted by Crippen LogP contribution is 2.16. The maximum Gasteiger partial charge on any atom is 0.335 e. The van der Waals surface area contributed by atoms with Crippen molar-refractivity contribution >= 4 is 5.97 Å². The van der Waals surface area contributed by atoms with E-state index in [1.54, 1.807) is 13.0 Å². The van der Waals surface area contributed by atoms with E-state index in [1.165, 1.54) is 0 Å². The van der Waals surface area contributed by atoms with Gasteiger partial charge in [-0.1, -0.05) is 24.3 Å². The van der Waals surface area contributed by atoms with Crippen molar-refractivity contribution in [1.29, 1.82) is 5.26 Å². The van der Waals surface area contributed by atoms with Gasteiger partial charge in [0.05, 0.1) is 24.8 Å². The summed E-state index contributed by atoms with van der Waals surface area (Å²) in [6, 6.07) is 17.3. The minimum Gasteiger partial charge on any atom is -0.493 e. The molecule has 0 aliphatic carbocycles. The lowest BCUT2D eigenvalue weighted by Gasteiger charge is -2.15. The molecule has 2 rings (SSSR count). The molecule has 0 saturated heterocycles. The summed E-state index contributed by atoms with van der Waals surface area (Å²) in [7, 11) is 0. The van der Waals surface area contributed by atoms with Crippen molar-refractivity contribution < 1.29 is 19.0 Å². The van der Waals surface area contributed by atoms with Crippen LogP contribution in [0.4, 0.5) is 0 Å². The average Bonchev–Trinajstić information content (AvgIpc) is 2.69. The molecule has 5 heteroatoms. The normalized spacial score (nSPS) is 11.4. The number of benzene rings is 2. The fourth-order valence-corrected chi connectivity index (χ4v) is 2.67. The zero-order valence-electron chi connectivity index (χ0n) is 15.8. The monoisotopic (exact) mass is 367 g/mol. The first-order valence-electron chi connectivity index (χ1n) is 9.15. The molecule has 2 aromatic rings. The van der Waals surface area contributed by atoms with Crippen LogP contribution in [-0.4, -0.2) is 31.9 Å². The molecule has 1 atom stereocenters. The minimum atomic E-state index is -0.589. The number of esters is 1. The zero-order valence-corrected chi connectivity index (χ0v) is 15.8. The van der Waals surface area contributed by atoms with Crippen molar-refractivity contribution in [1.82, 2.24) is 0 Å². The Labute approximate surface area is 160 Å². The van der Waals surface area contributed by atoms with E-state index in [-0.39, 0.29) is 5.97 Å². The third-order valence-corrected chi connectivity index (χ3v) is 3.98. The molecular weight excluding hydrogens is 342 g/mol. The molecule has 0 saturated carbocycles. The van der Waals surface area contributed by atoms with E-state index in [9.17, 15) is 4.79 Å². The van der Waals surface area contributed by atoms with Gasteiger partial charge >= 0.3 is 5.97 Å². The maximum absolute atomic E-state index is 11.9. The number of hydrogen-bond donors (Lipinski definition) is 0. The summed E-state index contributed by atoms with van der Waals surface area (Å²) in [6.07, 6.45) is 0.606. The smallest absolute Gasteiger partial charge is 0.335 e. The van der Waals surface area contributed by atoms with Crippen molar-refractivity contribution in [2.24, 2.45) is 0 Å². The van der Waals surface area contributed by atoms with Gasteiger partial charge in [0.1, 0.15) is 5.75 Å². The quantitative estimate of drug-likeness (QED) is 0.599. The number of nitriles is 1. The van der Waals surface area contributed by atoms with Crippen LogP contribution in [0.5, 0.6) is 5.75 Å². The number of ether oxygens (including phenoxy) is 3. The van der Waals surface area contributed by atoms with E-state index >= 15 is 0 Å². The van der Waals surface area contributed by atoms with Crippen molar-refractivity contribution in [2.75, 3.05) is 19.8 Å². The first kappa shape index (κ1) is 20.5. The van der Waals surface area contributed by atoms with Crippen LogP contribution in [-0.2, 0) is 27.1 Å². The van der Waals surface area contributed by atoms with Gasteiger partial charge in [0.15, 0.2) is 6.10 Å². The van der Waals surface area contributed by atoms with E-state index in [1.807, 2.05) is 49.4 Å². The Balaban J connectivity index is 1.86. The number of carbonyl (C=O) groups is 1. The first-order valence-corrected chi connectivity index (χ1v) is 9.15. The van der Waals surface area contributed by atoms with Gasteiger partial charge in [0.2, 0.25) is 0 Å². The van der Waals surface area contributed by atoms with Crippen LogP contribution in [0, 0.1) is 11.3 Å². The molecule has 1 unspecified atom stereocenters. The van der Waals surface area contributed by atoms with Crippen LogP contribution in [0.3, 0.4) is 0 Å². The van der Waals surface area contributed by atoms with Gasteiger partial charge in [-0.15, -0.1) is 0 Å². The number of rotatable bonds is 10. The molecule has 0 radical (unpaired) electrons. The number of hydrogen-bond acceptors (Lipinski definition) is 5. The second-order valence-electron chi connectivity index (χ2n) is 5.95. The highest BCUT2D eigenvalue weighted by atomic mass is 16.6. The molecule has 0 amide bonds. The summed E-state index contributed by atoms with van der Waals surface area (Å²) in [5.41, 5.74) is 2.71. The fraction of sp³-hybridized carbons (Fsp3) is 0.364. The second-order valence-corrected chi connectivity index (χ2v) is 5.95. The van der Waals surface area contributed by atoms with E-state index in [0.717, 1.165) is 23.3 Å². The van der Waals surface area contributed by atoms with Crippen LogP contribution in [0.2, 0.25) is 0 Å². The molecule has 0 spiro atoms. The topological polar surface area (TPSA) is 68.5 Å². The summed E-state index contributed by atoms with van der Waals surface area (Å²) in [5.74, 6) is 0.429. The Morgan fingerprint density at radius 2 is 1.85 bits per heavy atom. The predicted octanol–water partition coefficient (Wildman–Crippen LogP) is 3.69. The molecule has 0 N–H and O–H groups in total. The van der Waals surface area contributed by atoms with Gasteiger partial charge in [-0.2, -0.15) is 5.26 Å². The Morgan fingerprint density at radius 1 is 1.07 bits per heavy atom. The molecule has 5 nitrogen and oxygen atoms in total. The molecule has 0 fully saturated rings. The lowest BCUT2D eigenvalue weighted by molar-refractivity contribution is -0.156. The Kier molecular flexibility index (Phi) is 8.34. The summed E-state index contributed by atoms with van der Waals surface area (Å²) >= 11 is 0. The summed E-state index contributed by atoms with van der Waals surface area (Å²) in [5, 5.41) is 8.93. The molecule has 2 aromatic carbocycles. The fourth-order valence-electron chi connectivity index (χ4n) is 2.67. The molecular formula is C22H25NO4. The standard InChI is InChI=1S/C22H25NO4/c1-3-25-21(22(24)26-4-2)15-18-8-10-20(11-9-18)27-13-12-17-6-5-7-19(14-17)16-23/h5-11,14,21H,3-4,12-13,15H2,1-2H3. The van der Waals surface area contributed by atoms with Gasteiger partial charge in [0, 0.05) is 19.4 Å². The third kappa shape index (κ3) is 6.76. The summed E-state index contributed by atoms with van der Waals surface area (Å²) < 4.78 is 16.3. The largest absolute Gasteiger partial charge is 0.493 e. The summed E-state index contributed by atoms with van der Waals surface area (Å²) in [6.45, 7) is 4.96. The maximum atomic E-state index is 11.9. The molecule has 0 aliphatic heterocycles. The third-order valence-electron chi connectivity index (χ3n) is 3.98. The molecule has 0 aliphatic rings. The van der Waals surface area contributed by atoms with Crippen LogP contribution in [0.25, 0.3) is 0 Å². The number of carbonyl (C=O) groups excluding carboxylic acids is 1. The Hall–Kier alpha value is -2.84. The zero-order chi connectivity index (χ0) is 19.5.